The topological polar surface area (TPSA) is 68.1 Å². The van der Waals surface area contributed by atoms with Gasteiger partial charge in [0, 0.05) is 26.2 Å². The largest absolute Gasteiger partial charge is 0.378 e. The molecule has 184 valence electrons. The molecule has 2 aromatic heterocycles. The molecular weight excluding hydrogens is 438 g/mol. The fourth-order valence-electron chi connectivity index (χ4n) is 4.51. The summed E-state index contributed by atoms with van der Waals surface area (Å²) in [7, 11) is 1.70. The van der Waals surface area contributed by atoms with Crippen molar-refractivity contribution in [2.75, 3.05) is 43.6 Å². The van der Waals surface area contributed by atoms with E-state index in [-0.39, 0.29) is 5.82 Å². The monoisotopic (exact) mass is 472 g/mol. The quantitative estimate of drug-likeness (QED) is 0.539. The highest BCUT2D eigenvalue weighted by molar-refractivity contribution is 5.79. The van der Waals surface area contributed by atoms with Crippen molar-refractivity contribution in [1.82, 2.24) is 19.5 Å². The minimum Gasteiger partial charge on any atom is -0.378 e. The van der Waals surface area contributed by atoms with E-state index in [0.717, 1.165) is 11.5 Å². The van der Waals surface area contributed by atoms with Crippen LogP contribution in [0.25, 0.3) is 16.9 Å². The minimum absolute atomic E-state index is 0.329. The second-order valence-electron chi connectivity index (χ2n) is 9.10. The maximum Gasteiger partial charge on any atom is 0.296 e. The predicted octanol–water partition coefficient (Wildman–Crippen LogP) is 5.53. The van der Waals surface area contributed by atoms with Gasteiger partial charge >= 0.3 is 0 Å². The molecule has 3 heterocycles. The van der Waals surface area contributed by atoms with Gasteiger partial charge in [-0.25, -0.2) is 13.8 Å². The van der Waals surface area contributed by atoms with Crippen molar-refractivity contribution < 1.29 is 13.5 Å². The Hall–Kier alpha value is -2.81. The minimum atomic E-state index is -2.72. The molecule has 2 fully saturated rings. The summed E-state index contributed by atoms with van der Waals surface area (Å²) >= 11 is 0. The van der Waals surface area contributed by atoms with Crippen molar-refractivity contribution in [2.24, 2.45) is 5.92 Å². The fourth-order valence-corrected chi connectivity index (χ4v) is 4.51. The first-order chi connectivity index (χ1) is 16.5. The van der Waals surface area contributed by atoms with Gasteiger partial charge in [-0.2, -0.15) is 9.97 Å². The van der Waals surface area contributed by atoms with E-state index in [9.17, 15) is 8.78 Å². The molecule has 3 aromatic rings. The molecule has 1 aliphatic carbocycles. The van der Waals surface area contributed by atoms with E-state index < -0.39 is 6.43 Å². The molecule has 1 N–H and O–H groups in total. The number of aryl methyl sites for hydroxylation is 1. The Labute approximate surface area is 199 Å². The summed E-state index contributed by atoms with van der Waals surface area (Å²) in [6, 6.07) is 7.18. The fraction of sp³-hybridized carbons (Fsp3) is 0.560. The Bertz CT molecular complexity index is 1090. The lowest BCUT2D eigenvalue weighted by Gasteiger charge is -2.28. The first kappa shape index (κ1) is 24.3. The summed E-state index contributed by atoms with van der Waals surface area (Å²) in [5.41, 5.74) is 2.06. The molecule has 0 unspecified atom stereocenters. The molecule has 0 amide bonds. The van der Waals surface area contributed by atoms with Crippen LogP contribution in [0.4, 0.5) is 20.5 Å². The van der Waals surface area contributed by atoms with Crippen molar-refractivity contribution in [3.63, 3.8) is 0 Å². The van der Waals surface area contributed by atoms with Crippen molar-refractivity contribution >= 4 is 22.8 Å². The summed E-state index contributed by atoms with van der Waals surface area (Å²) < 4.78 is 34.2. The van der Waals surface area contributed by atoms with Crippen LogP contribution >= 0.6 is 0 Å². The number of fused-ring (bicyclic) bond motifs is 1. The van der Waals surface area contributed by atoms with Gasteiger partial charge in [0.25, 0.3) is 6.43 Å². The smallest absolute Gasteiger partial charge is 0.296 e. The van der Waals surface area contributed by atoms with Gasteiger partial charge in [0.1, 0.15) is 11.6 Å². The summed E-state index contributed by atoms with van der Waals surface area (Å²) in [5.74, 6) is 2.10. The second-order valence-corrected chi connectivity index (χ2v) is 9.10. The Morgan fingerprint density at radius 2 is 1.71 bits per heavy atom. The lowest BCUT2D eigenvalue weighted by Crippen LogP contribution is -2.37. The van der Waals surface area contributed by atoms with E-state index in [1.165, 1.54) is 36.7 Å². The molecule has 1 saturated heterocycles. The van der Waals surface area contributed by atoms with Crippen molar-refractivity contribution in [3.8, 4) is 5.82 Å². The van der Waals surface area contributed by atoms with E-state index in [0.29, 0.717) is 54.9 Å². The first-order valence-electron chi connectivity index (χ1n) is 12.1. The van der Waals surface area contributed by atoms with Gasteiger partial charge < -0.3 is 15.0 Å². The highest BCUT2D eigenvalue weighted by Crippen LogP contribution is 2.29. The van der Waals surface area contributed by atoms with Crippen LogP contribution in [0.2, 0.25) is 0 Å². The van der Waals surface area contributed by atoms with Gasteiger partial charge in [0.2, 0.25) is 5.95 Å². The maximum absolute atomic E-state index is 13.7. The first-order valence-corrected chi connectivity index (χ1v) is 12.1. The summed E-state index contributed by atoms with van der Waals surface area (Å²) in [6.45, 7) is 6.84. The van der Waals surface area contributed by atoms with Gasteiger partial charge in [-0.3, -0.25) is 4.57 Å². The van der Waals surface area contributed by atoms with Crippen LogP contribution in [-0.4, -0.2) is 52.9 Å². The zero-order valence-corrected chi connectivity index (χ0v) is 20.2. The molecule has 34 heavy (non-hydrogen) atoms. The number of halogens is 2. The van der Waals surface area contributed by atoms with Crippen molar-refractivity contribution in [2.45, 2.75) is 52.4 Å². The number of morpholine rings is 1. The molecule has 1 saturated carbocycles. The molecule has 5 rings (SSSR count). The van der Waals surface area contributed by atoms with E-state index in [1.807, 2.05) is 13.0 Å². The Morgan fingerprint density at radius 3 is 2.32 bits per heavy atom. The second kappa shape index (κ2) is 11.1. The molecule has 1 aromatic carbocycles. The van der Waals surface area contributed by atoms with E-state index in [1.54, 1.807) is 25.2 Å². The molecule has 9 heteroatoms. The van der Waals surface area contributed by atoms with Crippen LogP contribution in [0.15, 0.2) is 24.3 Å². The third-order valence-corrected chi connectivity index (χ3v) is 6.41. The third-order valence-electron chi connectivity index (χ3n) is 6.41. The number of hydrogen-bond donors (Lipinski definition) is 1. The number of nitrogens with one attached hydrogen (secondary N) is 1. The number of anilines is 2. The number of alkyl halides is 2. The molecule has 0 bridgehead atoms. The van der Waals surface area contributed by atoms with Crippen LogP contribution in [0.1, 0.15) is 56.8 Å². The molecule has 0 spiro atoms. The number of aromatic nitrogens is 4. The Balaban J connectivity index is 0.000000336. The summed E-state index contributed by atoms with van der Waals surface area (Å²) in [5, 5.41) is 2.91. The zero-order valence-electron chi connectivity index (χ0n) is 20.2. The van der Waals surface area contributed by atoms with Crippen LogP contribution in [0.3, 0.4) is 0 Å². The third kappa shape index (κ3) is 5.63. The molecule has 0 atom stereocenters. The van der Waals surface area contributed by atoms with Gasteiger partial charge in [-0.1, -0.05) is 45.1 Å². The summed E-state index contributed by atoms with van der Waals surface area (Å²) in [4.78, 5) is 15.1. The molecule has 0 radical (unpaired) electrons. The normalized spacial score (nSPS) is 17.1. The number of hydrogen-bond acceptors (Lipinski definition) is 6. The Kier molecular flexibility index (Phi) is 7.92. The Morgan fingerprint density at radius 1 is 1.00 bits per heavy atom. The average molecular weight is 473 g/mol. The van der Waals surface area contributed by atoms with Crippen molar-refractivity contribution in [1.29, 1.82) is 0 Å². The van der Waals surface area contributed by atoms with Crippen LogP contribution in [0, 0.1) is 12.8 Å². The highest BCUT2D eigenvalue weighted by Gasteiger charge is 2.23. The summed E-state index contributed by atoms with van der Waals surface area (Å²) in [6.07, 6.45) is 4.71. The van der Waals surface area contributed by atoms with Crippen LogP contribution in [0.5, 0.6) is 0 Å². The average Bonchev–Trinajstić information content (AvgIpc) is 3.24. The lowest BCUT2D eigenvalue weighted by atomic mass is 9.91. The molecule has 1 aliphatic heterocycles. The van der Waals surface area contributed by atoms with Crippen LogP contribution < -0.4 is 10.2 Å². The van der Waals surface area contributed by atoms with Crippen molar-refractivity contribution in [3.05, 3.63) is 35.7 Å². The maximum atomic E-state index is 13.7. The van der Waals surface area contributed by atoms with E-state index in [4.69, 9.17) is 4.74 Å². The van der Waals surface area contributed by atoms with Gasteiger partial charge in [0.05, 0.1) is 24.2 Å². The molecule has 2 aliphatic rings. The standard InChI is InChI=1S/C18H20F2N6O.C7H14/c1-11-3-4-13-12(9-11)22-17(16(19)20)26(13)15-10-14(23-18(21-2)24-15)25-5-7-27-8-6-25;1-7-5-3-2-4-6-7/h3-4,9-10,16H,5-8H2,1-2H3,(H,21,23,24);7H,2-6H2,1H3. The number of rotatable bonds is 4. The lowest BCUT2D eigenvalue weighted by molar-refractivity contribution is 0.122. The van der Waals surface area contributed by atoms with Crippen LogP contribution in [-0.2, 0) is 4.74 Å². The zero-order chi connectivity index (χ0) is 24.1. The van der Waals surface area contributed by atoms with Gasteiger partial charge in [0.15, 0.2) is 5.82 Å². The highest BCUT2D eigenvalue weighted by atomic mass is 19.3. The van der Waals surface area contributed by atoms with E-state index >= 15 is 0 Å². The molecule has 7 nitrogen and oxygen atoms in total. The number of nitrogens with zero attached hydrogens (tertiary/aromatic N) is 5. The number of imidazole rings is 1. The molecular formula is C25H34F2N6O. The SMILES string of the molecule is CC1CCCCC1.CNc1nc(N2CCOCC2)cc(-n2c(C(F)F)nc3cc(C)ccc32)n1. The predicted molar refractivity (Wildman–Crippen MR) is 131 cm³/mol. The number of ether oxygens (including phenoxy) is 1. The van der Waals surface area contributed by atoms with Gasteiger partial charge in [-0.15, -0.1) is 0 Å². The van der Waals surface area contributed by atoms with E-state index in [2.05, 4.69) is 32.1 Å². The van der Waals surface area contributed by atoms with Gasteiger partial charge in [-0.05, 0) is 30.5 Å². The number of benzene rings is 1.